The van der Waals surface area contributed by atoms with Gasteiger partial charge in [0.25, 0.3) is 0 Å². The zero-order valence-electron chi connectivity index (χ0n) is 12.0. The van der Waals surface area contributed by atoms with Gasteiger partial charge in [-0.15, -0.1) is 11.3 Å². The number of rotatable bonds is 5. The van der Waals surface area contributed by atoms with E-state index in [0.29, 0.717) is 32.5 Å². The normalized spacial score (nSPS) is 16.0. The van der Waals surface area contributed by atoms with Crippen molar-refractivity contribution in [3.8, 4) is 0 Å². The number of hydrogen-bond donors (Lipinski definition) is 1. The summed E-state index contributed by atoms with van der Waals surface area (Å²) in [6.07, 6.45) is 1.31. The van der Waals surface area contributed by atoms with E-state index in [1.165, 1.54) is 0 Å². The third kappa shape index (κ3) is 4.71. The summed E-state index contributed by atoms with van der Waals surface area (Å²) >= 11 is 1.64. The first-order chi connectivity index (χ1) is 10.1. The zero-order chi connectivity index (χ0) is 15.2. The number of thiophene rings is 1. The molecule has 0 radical (unpaired) electrons. The summed E-state index contributed by atoms with van der Waals surface area (Å²) in [7, 11) is 1.80. The van der Waals surface area contributed by atoms with Crippen LogP contribution in [0.15, 0.2) is 17.5 Å². The molecule has 21 heavy (non-hydrogen) atoms. The first-order valence-corrected chi connectivity index (χ1v) is 7.80. The third-order valence-corrected chi connectivity index (χ3v) is 4.32. The van der Waals surface area contributed by atoms with Crippen LogP contribution in [0.25, 0.3) is 0 Å². The van der Waals surface area contributed by atoms with Crippen LogP contribution in [0.4, 0.5) is 4.79 Å². The van der Waals surface area contributed by atoms with Crippen molar-refractivity contribution in [2.24, 2.45) is 0 Å². The molecule has 116 valence electrons. The Kier molecular flexibility index (Phi) is 5.58. The van der Waals surface area contributed by atoms with Crippen molar-refractivity contribution in [3.63, 3.8) is 0 Å². The average molecular weight is 312 g/mol. The molecule has 0 unspecified atom stereocenters. The minimum atomic E-state index is -0.954. The van der Waals surface area contributed by atoms with Crippen LogP contribution in [0.2, 0.25) is 0 Å². The summed E-state index contributed by atoms with van der Waals surface area (Å²) in [5, 5.41) is 10.6. The van der Waals surface area contributed by atoms with E-state index in [1.807, 2.05) is 17.5 Å². The van der Waals surface area contributed by atoms with Crippen molar-refractivity contribution >= 4 is 23.3 Å². The summed E-state index contributed by atoms with van der Waals surface area (Å²) in [6.45, 7) is 1.57. The molecule has 7 heteroatoms. The number of hydrogen-bond acceptors (Lipinski definition) is 4. The lowest BCUT2D eigenvalue weighted by molar-refractivity contribution is -0.145. The molecule has 0 saturated carbocycles. The minimum Gasteiger partial charge on any atom is -0.480 e. The molecule has 2 rings (SSSR count). The highest BCUT2D eigenvalue weighted by atomic mass is 32.1. The number of carboxylic acids is 1. The van der Waals surface area contributed by atoms with Gasteiger partial charge in [0.1, 0.15) is 6.61 Å². The highest BCUT2D eigenvalue weighted by molar-refractivity contribution is 7.09. The Morgan fingerprint density at radius 2 is 2.19 bits per heavy atom. The number of ether oxygens (including phenoxy) is 1. The highest BCUT2D eigenvalue weighted by Gasteiger charge is 2.25. The fourth-order valence-corrected chi connectivity index (χ4v) is 3.11. The highest BCUT2D eigenvalue weighted by Crippen LogP contribution is 2.17. The second-order valence-corrected chi connectivity index (χ2v) is 6.14. The Labute approximate surface area is 127 Å². The van der Waals surface area contributed by atoms with Crippen LogP contribution in [0.3, 0.4) is 0 Å². The van der Waals surface area contributed by atoms with Gasteiger partial charge in [-0.05, 0) is 24.3 Å². The molecule has 0 aromatic carbocycles. The maximum atomic E-state index is 12.3. The van der Waals surface area contributed by atoms with Crippen LogP contribution in [-0.2, 0) is 16.1 Å². The Morgan fingerprint density at radius 3 is 2.76 bits per heavy atom. The summed E-state index contributed by atoms with van der Waals surface area (Å²) in [4.78, 5) is 27.4. The third-order valence-electron chi connectivity index (χ3n) is 3.45. The van der Waals surface area contributed by atoms with Crippen molar-refractivity contribution in [3.05, 3.63) is 22.4 Å². The van der Waals surface area contributed by atoms with Gasteiger partial charge >= 0.3 is 12.0 Å². The molecular weight excluding hydrogens is 292 g/mol. The molecule has 0 atom stereocenters. The Balaban J connectivity index is 1.76. The molecule has 1 aromatic heterocycles. The van der Waals surface area contributed by atoms with Gasteiger partial charge in [-0.25, -0.2) is 9.59 Å². The predicted molar refractivity (Wildman–Crippen MR) is 79.4 cm³/mol. The van der Waals surface area contributed by atoms with E-state index in [9.17, 15) is 9.59 Å². The van der Waals surface area contributed by atoms with Gasteiger partial charge < -0.3 is 19.6 Å². The number of piperidine rings is 1. The number of nitrogens with zero attached hydrogens (tertiary/aromatic N) is 2. The summed E-state index contributed by atoms with van der Waals surface area (Å²) < 4.78 is 5.27. The van der Waals surface area contributed by atoms with Crippen LogP contribution < -0.4 is 0 Å². The fraction of sp³-hybridized carbons (Fsp3) is 0.571. The van der Waals surface area contributed by atoms with Crippen LogP contribution in [0, 0.1) is 0 Å². The molecule has 2 heterocycles. The summed E-state index contributed by atoms with van der Waals surface area (Å²) in [6, 6.07) is 4.00. The molecule has 1 aliphatic rings. The average Bonchev–Trinajstić information content (AvgIpc) is 2.97. The first kappa shape index (κ1) is 15.8. The van der Waals surface area contributed by atoms with E-state index < -0.39 is 5.97 Å². The molecule has 6 nitrogen and oxygen atoms in total. The predicted octanol–water partition coefficient (Wildman–Crippen LogP) is 1.87. The van der Waals surface area contributed by atoms with Gasteiger partial charge in [0.2, 0.25) is 0 Å². The lowest BCUT2D eigenvalue weighted by atomic mass is 10.1. The van der Waals surface area contributed by atoms with E-state index in [0.717, 1.165) is 4.88 Å². The van der Waals surface area contributed by atoms with E-state index in [-0.39, 0.29) is 18.7 Å². The van der Waals surface area contributed by atoms with Gasteiger partial charge in [-0.3, -0.25) is 0 Å². The molecule has 1 aliphatic heterocycles. The fourth-order valence-electron chi connectivity index (χ4n) is 2.35. The molecule has 1 fully saturated rings. The van der Waals surface area contributed by atoms with Gasteiger partial charge in [0.15, 0.2) is 0 Å². The van der Waals surface area contributed by atoms with Crippen molar-refractivity contribution in [1.29, 1.82) is 0 Å². The van der Waals surface area contributed by atoms with Gasteiger partial charge in [-0.2, -0.15) is 0 Å². The zero-order valence-corrected chi connectivity index (χ0v) is 12.8. The second kappa shape index (κ2) is 7.42. The van der Waals surface area contributed by atoms with Crippen LogP contribution in [0.5, 0.6) is 0 Å². The van der Waals surface area contributed by atoms with Crippen molar-refractivity contribution < 1.29 is 19.4 Å². The SMILES string of the molecule is CN(Cc1cccs1)C(=O)N1CCC(OCC(=O)O)CC1. The molecule has 1 N–H and O–H groups in total. The minimum absolute atomic E-state index is 0.0140. The molecule has 1 saturated heterocycles. The van der Waals surface area contributed by atoms with Gasteiger partial charge in [0.05, 0.1) is 12.6 Å². The van der Waals surface area contributed by atoms with E-state index in [2.05, 4.69) is 0 Å². The van der Waals surface area contributed by atoms with E-state index in [4.69, 9.17) is 9.84 Å². The van der Waals surface area contributed by atoms with Crippen molar-refractivity contribution in [1.82, 2.24) is 9.80 Å². The maximum absolute atomic E-state index is 12.3. The number of amides is 2. The Hall–Kier alpha value is -1.60. The van der Waals surface area contributed by atoms with Gasteiger partial charge in [-0.1, -0.05) is 6.07 Å². The molecule has 1 aromatic rings. The summed E-state index contributed by atoms with van der Waals surface area (Å²) in [5.74, 6) is -0.954. The topological polar surface area (TPSA) is 70.1 Å². The maximum Gasteiger partial charge on any atom is 0.329 e. The van der Waals surface area contributed by atoms with Crippen LogP contribution in [-0.4, -0.2) is 59.8 Å². The first-order valence-electron chi connectivity index (χ1n) is 6.92. The Bertz CT molecular complexity index is 469. The second-order valence-electron chi connectivity index (χ2n) is 5.11. The van der Waals surface area contributed by atoms with Crippen molar-refractivity contribution in [2.45, 2.75) is 25.5 Å². The quantitative estimate of drug-likeness (QED) is 0.901. The largest absolute Gasteiger partial charge is 0.480 e. The summed E-state index contributed by atoms with van der Waals surface area (Å²) in [5.41, 5.74) is 0. The molecular formula is C14H20N2O4S. The molecule has 0 bridgehead atoms. The smallest absolute Gasteiger partial charge is 0.329 e. The number of urea groups is 1. The van der Waals surface area contributed by atoms with Crippen LogP contribution >= 0.6 is 11.3 Å². The van der Waals surface area contributed by atoms with Crippen molar-refractivity contribution in [2.75, 3.05) is 26.7 Å². The lowest BCUT2D eigenvalue weighted by Gasteiger charge is -2.34. The number of likely N-dealkylation sites (tertiary alicyclic amines) is 1. The number of carbonyl (C=O) groups excluding carboxylic acids is 1. The molecule has 0 aliphatic carbocycles. The van der Waals surface area contributed by atoms with Gasteiger partial charge in [0, 0.05) is 25.0 Å². The number of carboxylic acid groups (broad SMARTS) is 1. The molecule has 2 amide bonds. The van der Waals surface area contributed by atoms with E-state index >= 15 is 0 Å². The lowest BCUT2D eigenvalue weighted by Crippen LogP contribution is -2.46. The van der Waals surface area contributed by atoms with Crippen LogP contribution in [0.1, 0.15) is 17.7 Å². The Morgan fingerprint density at radius 1 is 1.48 bits per heavy atom. The molecule has 0 spiro atoms. The monoisotopic (exact) mass is 312 g/mol. The standard InChI is InChI=1S/C14H20N2O4S/c1-15(9-12-3-2-8-21-12)14(19)16-6-4-11(5-7-16)20-10-13(17)18/h2-3,8,11H,4-7,9-10H2,1H3,(H,17,18). The number of carbonyl (C=O) groups is 2. The number of aliphatic carboxylic acids is 1. The van der Waals surface area contributed by atoms with E-state index in [1.54, 1.807) is 28.2 Å².